The fourth-order valence-electron chi connectivity index (χ4n) is 2.73. The highest BCUT2D eigenvalue weighted by atomic mass is 32.2. The first kappa shape index (κ1) is 17.2. The van der Waals surface area contributed by atoms with E-state index in [2.05, 4.69) is 25.1 Å². The van der Waals surface area contributed by atoms with Crippen LogP contribution in [0.2, 0.25) is 0 Å². The van der Waals surface area contributed by atoms with Gasteiger partial charge in [0.05, 0.1) is 12.3 Å². The molecule has 1 aliphatic heterocycles. The van der Waals surface area contributed by atoms with E-state index in [1.165, 1.54) is 0 Å². The maximum Gasteiger partial charge on any atom is 0.237 e. The zero-order valence-corrected chi connectivity index (χ0v) is 13.5. The molecule has 0 saturated carbocycles. The van der Waals surface area contributed by atoms with Crippen LogP contribution < -0.4 is 4.72 Å². The van der Waals surface area contributed by atoms with Crippen LogP contribution in [0.1, 0.15) is 40.0 Å². The number of likely N-dealkylation sites (tertiary alicyclic amines) is 1. The first-order valence-corrected chi connectivity index (χ1v) is 8.76. The molecule has 1 heterocycles. The summed E-state index contributed by atoms with van der Waals surface area (Å²) in [6.07, 6.45) is 4.58. The predicted octanol–water partition coefficient (Wildman–Crippen LogP) is 1.52. The molecule has 0 spiro atoms. The largest absolute Gasteiger partial charge is 0.338 e. The van der Waals surface area contributed by atoms with Crippen LogP contribution in [-0.4, -0.2) is 44.1 Å². The van der Waals surface area contributed by atoms with Gasteiger partial charge in [-0.25, -0.2) is 13.1 Å². The Kier molecular flexibility index (Phi) is 5.77. The molecule has 1 saturated heterocycles. The number of carbonyl (C=O) groups is 1. The molecule has 0 bridgehead atoms. The van der Waals surface area contributed by atoms with E-state index in [-0.39, 0.29) is 29.7 Å². The normalized spacial score (nSPS) is 22.6. The van der Waals surface area contributed by atoms with Gasteiger partial charge in [0, 0.05) is 12.6 Å². The van der Waals surface area contributed by atoms with E-state index < -0.39 is 10.0 Å². The fraction of sp³-hybridized carbons (Fsp3) is 0.786. The molecule has 1 fully saturated rings. The second kappa shape index (κ2) is 6.72. The highest BCUT2D eigenvalue weighted by Crippen LogP contribution is 2.36. The minimum absolute atomic E-state index is 0.0120. The van der Waals surface area contributed by atoms with Gasteiger partial charge in [0.1, 0.15) is 0 Å². The molecule has 1 N–H and O–H groups in total. The Bertz CT molecular complexity index is 457. The summed E-state index contributed by atoms with van der Waals surface area (Å²) >= 11 is 0. The van der Waals surface area contributed by atoms with Gasteiger partial charge in [-0.2, -0.15) is 0 Å². The predicted molar refractivity (Wildman–Crippen MR) is 80.8 cm³/mol. The van der Waals surface area contributed by atoms with Crippen LogP contribution >= 0.6 is 0 Å². The lowest BCUT2D eigenvalue weighted by atomic mass is 9.75. The Morgan fingerprint density at radius 2 is 2.15 bits per heavy atom. The summed E-state index contributed by atoms with van der Waals surface area (Å²) in [5.41, 5.74) is 0.0335. The number of nitrogens with zero attached hydrogens (tertiary/aromatic N) is 1. The van der Waals surface area contributed by atoms with Crippen molar-refractivity contribution in [3.63, 3.8) is 0 Å². The van der Waals surface area contributed by atoms with Gasteiger partial charge in [0.15, 0.2) is 0 Å². The van der Waals surface area contributed by atoms with Crippen molar-refractivity contribution in [1.29, 1.82) is 0 Å². The van der Waals surface area contributed by atoms with E-state index in [1.54, 1.807) is 6.92 Å². The SMILES string of the molecule is C=CCC1N(C(=O)CNS(=O)(=O)CC)CCCC1(C)C. The number of carbonyl (C=O) groups excluding carboxylic acids is 1. The van der Waals surface area contributed by atoms with Gasteiger partial charge >= 0.3 is 0 Å². The van der Waals surface area contributed by atoms with Crippen molar-refractivity contribution < 1.29 is 13.2 Å². The molecular weight excluding hydrogens is 276 g/mol. The Balaban J connectivity index is 2.76. The molecule has 1 atom stereocenters. The molecule has 0 aromatic carbocycles. The first-order chi connectivity index (χ1) is 9.23. The monoisotopic (exact) mass is 302 g/mol. The minimum atomic E-state index is -3.33. The van der Waals surface area contributed by atoms with Crippen molar-refractivity contribution in [2.24, 2.45) is 5.41 Å². The Morgan fingerprint density at radius 1 is 1.50 bits per heavy atom. The molecule has 1 amide bonds. The summed E-state index contributed by atoms with van der Waals surface area (Å²) in [4.78, 5) is 14.1. The second-order valence-electron chi connectivity index (χ2n) is 5.94. The van der Waals surface area contributed by atoms with E-state index in [0.29, 0.717) is 6.54 Å². The van der Waals surface area contributed by atoms with Crippen LogP contribution in [0.4, 0.5) is 0 Å². The van der Waals surface area contributed by atoms with Crippen LogP contribution in [0, 0.1) is 5.41 Å². The van der Waals surface area contributed by atoms with Crippen molar-refractivity contribution in [3.8, 4) is 0 Å². The van der Waals surface area contributed by atoms with Gasteiger partial charge < -0.3 is 4.90 Å². The fourth-order valence-corrected chi connectivity index (χ4v) is 3.27. The number of amides is 1. The standard InChI is InChI=1S/C14H26N2O3S/c1-5-8-12-14(3,4)9-7-10-16(12)13(17)11-15-20(18,19)6-2/h5,12,15H,1,6-11H2,2-4H3. The van der Waals surface area contributed by atoms with Gasteiger partial charge in [0.25, 0.3) is 0 Å². The molecule has 1 unspecified atom stereocenters. The lowest BCUT2D eigenvalue weighted by Crippen LogP contribution is -2.54. The zero-order valence-electron chi connectivity index (χ0n) is 12.7. The Labute approximate surface area is 122 Å². The van der Waals surface area contributed by atoms with Gasteiger partial charge in [0.2, 0.25) is 15.9 Å². The molecule has 5 nitrogen and oxygen atoms in total. The quantitative estimate of drug-likeness (QED) is 0.757. The smallest absolute Gasteiger partial charge is 0.237 e. The maximum absolute atomic E-state index is 12.3. The summed E-state index contributed by atoms with van der Waals surface area (Å²) in [7, 11) is -3.33. The molecular formula is C14H26N2O3S. The van der Waals surface area contributed by atoms with E-state index in [1.807, 2.05) is 11.0 Å². The van der Waals surface area contributed by atoms with Crippen molar-refractivity contribution >= 4 is 15.9 Å². The van der Waals surface area contributed by atoms with Crippen LogP contribution in [-0.2, 0) is 14.8 Å². The van der Waals surface area contributed by atoms with Crippen LogP contribution in [0.3, 0.4) is 0 Å². The molecule has 1 rings (SSSR count). The van der Waals surface area contributed by atoms with Crippen molar-refractivity contribution in [2.45, 2.75) is 46.1 Å². The highest BCUT2D eigenvalue weighted by Gasteiger charge is 2.38. The molecule has 1 aliphatic rings. The summed E-state index contributed by atoms with van der Waals surface area (Å²) in [5.74, 6) is -0.163. The van der Waals surface area contributed by atoms with Gasteiger partial charge in [-0.05, 0) is 31.6 Å². The van der Waals surface area contributed by atoms with Crippen molar-refractivity contribution in [1.82, 2.24) is 9.62 Å². The first-order valence-electron chi connectivity index (χ1n) is 7.11. The van der Waals surface area contributed by atoms with Gasteiger partial charge in [-0.3, -0.25) is 4.79 Å². The molecule has 20 heavy (non-hydrogen) atoms. The molecule has 0 radical (unpaired) electrons. The Morgan fingerprint density at radius 3 is 2.70 bits per heavy atom. The van der Waals surface area contributed by atoms with Crippen molar-refractivity contribution in [2.75, 3.05) is 18.8 Å². The van der Waals surface area contributed by atoms with E-state index in [4.69, 9.17) is 0 Å². The number of piperidine rings is 1. The lowest BCUT2D eigenvalue weighted by Gasteiger charge is -2.46. The molecule has 116 valence electrons. The van der Waals surface area contributed by atoms with Crippen LogP contribution in [0.25, 0.3) is 0 Å². The highest BCUT2D eigenvalue weighted by molar-refractivity contribution is 7.89. The van der Waals surface area contributed by atoms with Gasteiger partial charge in [-0.1, -0.05) is 19.9 Å². The number of hydrogen-bond donors (Lipinski definition) is 1. The summed E-state index contributed by atoms with van der Waals surface area (Å²) < 4.78 is 25.2. The maximum atomic E-state index is 12.3. The Hall–Kier alpha value is -0.880. The van der Waals surface area contributed by atoms with E-state index in [0.717, 1.165) is 19.3 Å². The van der Waals surface area contributed by atoms with Crippen LogP contribution in [0.15, 0.2) is 12.7 Å². The zero-order chi connectivity index (χ0) is 15.4. The minimum Gasteiger partial charge on any atom is -0.338 e. The third-order valence-electron chi connectivity index (χ3n) is 4.03. The number of hydrogen-bond acceptors (Lipinski definition) is 3. The van der Waals surface area contributed by atoms with Crippen LogP contribution in [0.5, 0.6) is 0 Å². The van der Waals surface area contributed by atoms with Crippen molar-refractivity contribution in [3.05, 3.63) is 12.7 Å². The molecule has 6 heteroatoms. The van der Waals surface area contributed by atoms with E-state index >= 15 is 0 Å². The summed E-state index contributed by atoms with van der Waals surface area (Å²) in [5, 5.41) is 0. The third kappa shape index (κ3) is 4.31. The van der Waals surface area contributed by atoms with Gasteiger partial charge in [-0.15, -0.1) is 6.58 Å². The summed E-state index contributed by atoms with van der Waals surface area (Å²) in [6.45, 7) is 10.2. The van der Waals surface area contributed by atoms with E-state index in [9.17, 15) is 13.2 Å². The molecule has 0 aliphatic carbocycles. The topological polar surface area (TPSA) is 66.5 Å². The summed E-state index contributed by atoms with van der Waals surface area (Å²) in [6, 6.07) is 0.0902. The number of sulfonamides is 1. The lowest BCUT2D eigenvalue weighted by molar-refractivity contribution is -0.137. The number of nitrogens with one attached hydrogen (secondary N) is 1. The average Bonchev–Trinajstić information content (AvgIpc) is 2.38. The number of rotatable bonds is 6. The molecule has 0 aromatic rings. The molecule has 0 aromatic heterocycles. The second-order valence-corrected chi connectivity index (χ2v) is 8.04. The third-order valence-corrected chi connectivity index (χ3v) is 5.38. The average molecular weight is 302 g/mol.